The van der Waals surface area contributed by atoms with Crippen molar-refractivity contribution in [2.75, 3.05) is 0 Å². The number of ether oxygens (including phenoxy) is 1. The van der Waals surface area contributed by atoms with Crippen molar-refractivity contribution in [1.82, 2.24) is 0 Å². The number of aryl methyl sites for hydroxylation is 1. The summed E-state index contributed by atoms with van der Waals surface area (Å²) in [6.45, 7) is 2.00. The van der Waals surface area contributed by atoms with Gasteiger partial charge in [-0.2, -0.15) is 0 Å². The molecule has 0 aromatic heterocycles. The highest BCUT2D eigenvalue weighted by atomic mass is 35.5. The van der Waals surface area contributed by atoms with E-state index in [1.54, 1.807) is 0 Å². The van der Waals surface area contributed by atoms with Gasteiger partial charge in [-0.3, -0.25) is 0 Å². The van der Waals surface area contributed by atoms with E-state index in [0.717, 1.165) is 16.9 Å². The van der Waals surface area contributed by atoms with Crippen LogP contribution in [-0.2, 0) is 0 Å². The summed E-state index contributed by atoms with van der Waals surface area (Å²) < 4.78 is 5.70. The molecule has 16 heavy (non-hydrogen) atoms. The average molecular weight is 233 g/mol. The van der Waals surface area contributed by atoms with Crippen LogP contribution < -0.4 is 4.74 Å². The predicted molar refractivity (Wildman–Crippen MR) is 66.8 cm³/mol. The van der Waals surface area contributed by atoms with Crippen LogP contribution in [0.5, 0.6) is 5.75 Å². The Morgan fingerprint density at radius 2 is 1.56 bits per heavy atom. The van der Waals surface area contributed by atoms with Gasteiger partial charge in [0.2, 0.25) is 0 Å². The zero-order valence-corrected chi connectivity index (χ0v) is 9.82. The van der Waals surface area contributed by atoms with E-state index in [2.05, 4.69) is 0 Å². The molecular formula is C14H13ClO. The molecule has 0 amide bonds. The first-order chi connectivity index (χ1) is 7.77. The van der Waals surface area contributed by atoms with Crippen LogP contribution in [-0.4, -0.2) is 0 Å². The number of hydrogen-bond donors (Lipinski definition) is 0. The first kappa shape index (κ1) is 11.0. The standard InChI is InChI=1S/C14H13ClO/c1-11-7-5-6-10-13(11)16-14(15)12-8-3-2-4-9-12/h2-10,14H,1H3. The van der Waals surface area contributed by atoms with Crippen molar-refractivity contribution in [3.05, 3.63) is 65.7 Å². The molecule has 0 N–H and O–H groups in total. The maximum Gasteiger partial charge on any atom is 0.197 e. The number of halogens is 1. The number of hydrogen-bond acceptors (Lipinski definition) is 1. The summed E-state index contributed by atoms with van der Waals surface area (Å²) in [5, 5.41) is 0. The monoisotopic (exact) mass is 232 g/mol. The van der Waals surface area contributed by atoms with Crippen LogP contribution in [0.15, 0.2) is 54.6 Å². The lowest BCUT2D eigenvalue weighted by molar-refractivity contribution is 0.286. The highest BCUT2D eigenvalue weighted by molar-refractivity contribution is 6.20. The van der Waals surface area contributed by atoms with Crippen LogP contribution in [0, 0.1) is 6.92 Å². The van der Waals surface area contributed by atoms with Crippen molar-refractivity contribution in [3.8, 4) is 5.75 Å². The summed E-state index contributed by atoms with van der Waals surface area (Å²) in [4.78, 5) is 0. The molecule has 0 spiro atoms. The van der Waals surface area contributed by atoms with Crippen molar-refractivity contribution in [1.29, 1.82) is 0 Å². The van der Waals surface area contributed by atoms with E-state index in [0.29, 0.717) is 0 Å². The molecule has 2 heteroatoms. The van der Waals surface area contributed by atoms with Gasteiger partial charge >= 0.3 is 0 Å². The second kappa shape index (κ2) is 5.04. The lowest BCUT2D eigenvalue weighted by Crippen LogP contribution is -2.01. The van der Waals surface area contributed by atoms with Gasteiger partial charge in [0.15, 0.2) is 5.56 Å². The van der Waals surface area contributed by atoms with Gasteiger partial charge in [0.25, 0.3) is 0 Å². The first-order valence-corrected chi connectivity index (χ1v) is 5.62. The molecule has 2 rings (SSSR count). The fraction of sp³-hybridized carbons (Fsp3) is 0.143. The number of benzene rings is 2. The fourth-order valence-corrected chi connectivity index (χ4v) is 1.71. The molecule has 2 aromatic rings. The molecule has 0 heterocycles. The predicted octanol–water partition coefficient (Wildman–Crippen LogP) is 4.31. The maximum atomic E-state index is 6.19. The van der Waals surface area contributed by atoms with E-state index >= 15 is 0 Å². The van der Waals surface area contributed by atoms with E-state index in [9.17, 15) is 0 Å². The molecule has 0 radical (unpaired) electrons. The van der Waals surface area contributed by atoms with E-state index in [1.807, 2.05) is 61.5 Å². The van der Waals surface area contributed by atoms with E-state index in [1.165, 1.54) is 0 Å². The van der Waals surface area contributed by atoms with Crippen molar-refractivity contribution in [2.45, 2.75) is 12.5 Å². The molecule has 82 valence electrons. The largest absolute Gasteiger partial charge is 0.470 e. The highest BCUT2D eigenvalue weighted by Crippen LogP contribution is 2.27. The first-order valence-electron chi connectivity index (χ1n) is 5.18. The molecule has 0 saturated heterocycles. The van der Waals surface area contributed by atoms with E-state index in [4.69, 9.17) is 16.3 Å². The van der Waals surface area contributed by atoms with Crippen molar-refractivity contribution < 1.29 is 4.74 Å². The Bertz CT molecular complexity index is 453. The third kappa shape index (κ3) is 2.56. The zero-order chi connectivity index (χ0) is 11.4. The molecule has 0 bridgehead atoms. The Labute approximate surface area is 101 Å². The molecule has 1 unspecified atom stereocenters. The van der Waals surface area contributed by atoms with Gasteiger partial charge in [0, 0.05) is 5.56 Å². The second-order valence-electron chi connectivity index (χ2n) is 3.61. The van der Waals surface area contributed by atoms with Gasteiger partial charge in [0.05, 0.1) is 0 Å². The minimum Gasteiger partial charge on any atom is -0.470 e. The molecule has 0 aliphatic rings. The van der Waals surface area contributed by atoms with Crippen LogP contribution in [0.1, 0.15) is 16.7 Å². The Morgan fingerprint density at radius 3 is 2.25 bits per heavy atom. The molecule has 0 aliphatic carbocycles. The minimum absolute atomic E-state index is 0.442. The van der Waals surface area contributed by atoms with Gasteiger partial charge in [0.1, 0.15) is 5.75 Å². The SMILES string of the molecule is Cc1ccccc1OC(Cl)c1ccccc1. The van der Waals surface area contributed by atoms with Gasteiger partial charge < -0.3 is 4.74 Å². The van der Waals surface area contributed by atoms with Gasteiger partial charge in [-0.1, -0.05) is 60.1 Å². The van der Waals surface area contributed by atoms with E-state index in [-0.39, 0.29) is 0 Å². The molecule has 0 saturated carbocycles. The van der Waals surface area contributed by atoms with E-state index < -0.39 is 5.56 Å². The van der Waals surface area contributed by atoms with Crippen molar-refractivity contribution >= 4 is 11.6 Å². The molecule has 0 aliphatic heterocycles. The zero-order valence-electron chi connectivity index (χ0n) is 9.06. The summed E-state index contributed by atoms with van der Waals surface area (Å²) in [5.74, 6) is 0.825. The van der Waals surface area contributed by atoms with Crippen molar-refractivity contribution in [2.24, 2.45) is 0 Å². The van der Waals surface area contributed by atoms with Gasteiger partial charge in [-0.25, -0.2) is 0 Å². The summed E-state index contributed by atoms with van der Waals surface area (Å²) >= 11 is 6.19. The molecule has 1 nitrogen and oxygen atoms in total. The topological polar surface area (TPSA) is 9.23 Å². The van der Waals surface area contributed by atoms with Crippen molar-refractivity contribution in [3.63, 3.8) is 0 Å². The second-order valence-corrected chi connectivity index (χ2v) is 4.01. The summed E-state index contributed by atoms with van der Waals surface area (Å²) in [5.41, 5.74) is 1.61. The Hall–Kier alpha value is -1.47. The third-order valence-corrected chi connectivity index (χ3v) is 2.73. The minimum atomic E-state index is -0.442. The summed E-state index contributed by atoms with van der Waals surface area (Å²) in [6, 6.07) is 17.6. The Kier molecular flexibility index (Phi) is 3.47. The number of para-hydroxylation sites is 1. The third-order valence-electron chi connectivity index (χ3n) is 2.39. The molecular weight excluding hydrogens is 220 g/mol. The van der Waals surface area contributed by atoms with Crippen LogP contribution in [0.3, 0.4) is 0 Å². The summed E-state index contributed by atoms with van der Waals surface area (Å²) in [6.07, 6.45) is 0. The average Bonchev–Trinajstić information content (AvgIpc) is 2.33. The molecule has 2 aromatic carbocycles. The lowest BCUT2D eigenvalue weighted by atomic mass is 10.2. The Morgan fingerprint density at radius 1 is 0.938 bits per heavy atom. The number of alkyl halides is 1. The highest BCUT2D eigenvalue weighted by Gasteiger charge is 2.09. The van der Waals surface area contributed by atoms with Crippen LogP contribution in [0.2, 0.25) is 0 Å². The van der Waals surface area contributed by atoms with Gasteiger partial charge in [-0.15, -0.1) is 0 Å². The fourth-order valence-electron chi connectivity index (χ4n) is 1.47. The normalized spacial score (nSPS) is 12.1. The van der Waals surface area contributed by atoms with Crippen LogP contribution in [0.25, 0.3) is 0 Å². The Balaban J connectivity index is 2.14. The quantitative estimate of drug-likeness (QED) is 0.717. The smallest absolute Gasteiger partial charge is 0.197 e. The maximum absolute atomic E-state index is 6.19. The van der Waals surface area contributed by atoms with Gasteiger partial charge in [-0.05, 0) is 18.6 Å². The lowest BCUT2D eigenvalue weighted by Gasteiger charge is -2.14. The summed E-state index contributed by atoms with van der Waals surface area (Å²) in [7, 11) is 0. The number of rotatable bonds is 3. The molecule has 1 atom stereocenters. The van der Waals surface area contributed by atoms with Crippen LogP contribution in [0.4, 0.5) is 0 Å². The molecule has 0 fully saturated rings. The van der Waals surface area contributed by atoms with Crippen LogP contribution >= 0.6 is 11.6 Å².